The highest BCUT2D eigenvalue weighted by molar-refractivity contribution is 6.14. The second kappa shape index (κ2) is 22.6. The lowest BCUT2D eigenvalue weighted by Gasteiger charge is -2.23. The van der Waals surface area contributed by atoms with Crippen LogP contribution in [0.5, 0.6) is 0 Å². The normalized spacial score (nSPS) is 11.8. The van der Waals surface area contributed by atoms with Gasteiger partial charge in [0.1, 0.15) is 11.6 Å². The summed E-state index contributed by atoms with van der Waals surface area (Å²) in [7, 11) is 0. The Kier molecular flexibility index (Phi) is 13.6. The smallest absolute Gasteiger partial charge is 0.308 e. The monoisotopic (exact) mass is 1200 g/mol. The van der Waals surface area contributed by atoms with Crippen LogP contribution in [0.25, 0.3) is 156 Å². The maximum atomic E-state index is 16.5. The molecule has 6 nitrogen and oxygen atoms in total. The molecule has 0 radical (unpaired) electrons. The molecular weight excluding hydrogens is 1150 g/mol. The van der Waals surface area contributed by atoms with Crippen molar-refractivity contribution in [3.05, 3.63) is 315 Å². The third kappa shape index (κ3) is 10.1. The highest BCUT2D eigenvalue weighted by Gasteiger charge is 2.35. The zero-order chi connectivity index (χ0) is 62.0. The molecule has 0 aliphatic rings. The second-order valence-electron chi connectivity index (χ2n) is 22.8. The molecule has 0 aliphatic heterocycles. The maximum absolute atomic E-state index is 16.5. The largest absolute Gasteiger partial charge is 0.416 e. The van der Waals surface area contributed by atoms with E-state index >= 15 is 22.0 Å². The molecule has 6 aromatic heterocycles. The van der Waals surface area contributed by atoms with E-state index in [1.165, 1.54) is 12.1 Å². The van der Waals surface area contributed by atoms with E-state index in [2.05, 4.69) is 0 Å². The predicted octanol–water partition coefficient (Wildman–Crippen LogP) is 21.8. The minimum Gasteiger partial charge on any atom is -0.308 e. The molecular formula is C81H49F5N6. The Bertz CT molecular complexity index is 4850. The minimum absolute atomic E-state index is 0.00801. The fourth-order valence-corrected chi connectivity index (χ4v) is 12.8. The minimum atomic E-state index is -4.95. The van der Waals surface area contributed by atoms with Gasteiger partial charge in [0, 0.05) is 102 Å². The van der Waals surface area contributed by atoms with E-state index in [1.807, 2.05) is 252 Å². The number of halogens is 5. The topological polar surface area (TPSA) is 61.4 Å². The molecule has 438 valence electrons. The molecule has 0 bridgehead atoms. The summed E-state index contributed by atoms with van der Waals surface area (Å²) in [5.41, 5.74) is 14.2. The van der Waals surface area contributed by atoms with Gasteiger partial charge in [-0.2, -0.15) is 13.2 Å². The van der Waals surface area contributed by atoms with Crippen LogP contribution in [0.15, 0.2) is 298 Å². The van der Waals surface area contributed by atoms with E-state index in [4.69, 9.17) is 19.9 Å². The van der Waals surface area contributed by atoms with Gasteiger partial charge in [0.15, 0.2) is 0 Å². The molecule has 0 saturated carbocycles. The van der Waals surface area contributed by atoms with Crippen molar-refractivity contribution >= 4 is 43.6 Å². The van der Waals surface area contributed by atoms with Crippen molar-refractivity contribution in [3.8, 4) is 112 Å². The number of alkyl halides is 3. The average Bonchev–Trinajstić information content (AvgIpc) is 1.60. The standard InChI is InChI=1S/C81H49F5N6/c82-64-37-62(38-65(83)45-64)80-78(91-74-39-54(58-25-33-70(87-46-58)50-13-5-1-6-14-50)21-29-66(74)67-30-22-55(40-75(67)91)59-26-34-71(88-47-59)51-15-7-2-8-16-51)43-63(81(84,85)86)44-79(80)92-76-41-56(60-27-35-72(89-48-60)52-17-9-3-10-18-52)23-31-68(76)69-32-24-57(42-77(69)92)61-28-36-73(90-49-61)53-19-11-4-12-20-53/h1-49H. The molecule has 0 fully saturated rings. The van der Waals surface area contributed by atoms with Gasteiger partial charge in [-0.15, -0.1) is 0 Å². The number of hydrogen-bond acceptors (Lipinski definition) is 4. The average molecular weight is 1200 g/mol. The Morgan fingerprint density at radius 1 is 0.250 bits per heavy atom. The summed E-state index contributed by atoms with van der Waals surface area (Å²) >= 11 is 0. The molecule has 16 rings (SSSR count). The van der Waals surface area contributed by atoms with Crippen molar-refractivity contribution in [2.45, 2.75) is 6.18 Å². The molecule has 11 heteroatoms. The number of benzene rings is 10. The SMILES string of the molecule is Fc1cc(F)cc(-c2c(-n3c4cc(-c5ccc(-c6ccccc6)nc5)ccc4c4ccc(-c5ccc(-c6ccccc6)nc5)cc43)cc(C(F)(F)F)cc2-n2c3cc(-c4ccc(-c5ccccc5)nc4)ccc3c3ccc(-c4ccc(-c5ccccc5)nc4)cc32)c1. The molecule has 0 unspecified atom stereocenters. The maximum Gasteiger partial charge on any atom is 0.416 e. The quantitative estimate of drug-likeness (QED) is 0.121. The molecule has 0 aliphatic carbocycles. The van der Waals surface area contributed by atoms with Crippen LogP contribution >= 0.6 is 0 Å². The Labute approximate surface area is 525 Å². The zero-order valence-electron chi connectivity index (χ0n) is 48.9. The summed E-state index contributed by atoms with van der Waals surface area (Å²) in [5.74, 6) is -1.82. The lowest BCUT2D eigenvalue weighted by molar-refractivity contribution is -0.137. The Morgan fingerprint density at radius 2 is 0.522 bits per heavy atom. The molecule has 6 heterocycles. The van der Waals surface area contributed by atoms with Gasteiger partial charge >= 0.3 is 6.18 Å². The van der Waals surface area contributed by atoms with Crippen LogP contribution in [0.3, 0.4) is 0 Å². The molecule has 10 aromatic carbocycles. The first-order valence-corrected chi connectivity index (χ1v) is 30.0. The number of aromatic nitrogens is 6. The number of hydrogen-bond donors (Lipinski definition) is 0. The molecule has 0 N–H and O–H groups in total. The first-order chi connectivity index (χ1) is 45.0. The highest BCUT2D eigenvalue weighted by atomic mass is 19.4. The van der Waals surface area contributed by atoms with Gasteiger partial charge in [0.05, 0.1) is 61.8 Å². The third-order valence-corrected chi connectivity index (χ3v) is 17.3. The van der Waals surface area contributed by atoms with Gasteiger partial charge in [-0.3, -0.25) is 19.9 Å². The van der Waals surface area contributed by atoms with Crippen molar-refractivity contribution in [2.75, 3.05) is 0 Å². The first kappa shape index (κ1) is 55.4. The van der Waals surface area contributed by atoms with Crippen LogP contribution in [0.2, 0.25) is 0 Å². The van der Waals surface area contributed by atoms with Gasteiger partial charge in [0.25, 0.3) is 0 Å². The van der Waals surface area contributed by atoms with E-state index in [1.54, 1.807) is 24.8 Å². The Morgan fingerprint density at radius 3 is 0.772 bits per heavy atom. The summed E-state index contributed by atoms with van der Waals surface area (Å²) in [5, 5.41) is 2.90. The Hall–Kier alpha value is -12.0. The van der Waals surface area contributed by atoms with Crippen LogP contribution in [-0.4, -0.2) is 29.1 Å². The van der Waals surface area contributed by atoms with Gasteiger partial charge in [-0.05, 0) is 101 Å². The van der Waals surface area contributed by atoms with Gasteiger partial charge in [-0.25, -0.2) is 8.78 Å². The van der Waals surface area contributed by atoms with E-state index in [0.717, 1.165) is 129 Å². The van der Waals surface area contributed by atoms with Crippen molar-refractivity contribution in [1.29, 1.82) is 0 Å². The fourth-order valence-electron chi connectivity index (χ4n) is 12.8. The van der Waals surface area contributed by atoms with E-state index in [0.29, 0.717) is 22.1 Å². The molecule has 0 spiro atoms. The molecule has 0 amide bonds. The summed E-state index contributed by atoms with van der Waals surface area (Å²) in [6.45, 7) is 0. The molecule has 92 heavy (non-hydrogen) atoms. The van der Waals surface area contributed by atoms with Gasteiger partial charge in [-0.1, -0.05) is 194 Å². The summed E-state index contributed by atoms with van der Waals surface area (Å²) in [6.07, 6.45) is 2.20. The lowest BCUT2D eigenvalue weighted by Crippen LogP contribution is -2.11. The van der Waals surface area contributed by atoms with Crippen LogP contribution in [0, 0.1) is 11.6 Å². The number of pyridine rings is 4. The molecule has 16 aromatic rings. The van der Waals surface area contributed by atoms with Crippen LogP contribution in [0.4, 0.5) is 22.0 Å². The van der Waals surface area contributed by atoms with Gasteiger partial charge < -0.3 is 9.13 Å². The van der Waals surface area contributed by atoms with E-state index in [9.17, 15) is 0 Å². The summed E-state index contributed by atoms with van der Waals surface area (Å²) in [6, 6.07) is 84.0. The summed E-state index contributed by atoms with van der Waals surface area (Å²) in [4.78, 5) is 19.5. The number of fused-ring (bicyclic) bond motifs is 6. The lowest BCUT2D eigenvalue weighted by atomic mass is 9.97. The van der Waals surface area contributed by atoms with Crippen molar-refractivity contribution < 1.29 is 22.0 Å². The molecule has 0 atom stereocenters. The molecule has 0 saturated heterocycles. The van der Waals surface area contributed by atoms with Gasteiger partial charge in [0.2, 0.25) is 0 Å². The van der Waals surface area contributed by atoms with E-state index < -0.39 is 23.4 Å². The predicted molar refractivity (Wildman–Crippen MR) is 360 cm³/mol. The second-order valence-corrected chi connectivity index (χ2v) is 22.8. The van der Waals surface area contributed by atoms with E-state index in [-0.39, 0.29) is 22.5 Å². The first-order valence-electron chi connectivity index (χ1n) is 30.0. The van der Waals surface area contributed by atoms with Crippen LogP contribution in [-0.2, 0) is 6.18 Å². The Balaban J connectivity index is 0.990. The number of nitrogens with zero attached hydrogens (tertiary/aromatic N) is 6. The van der Waals surface area contributed by atoms with Crippen molar-refractivity contribution in [3.63, 3.8) is 0 Å². The zero-order valence-corrected chi connectivity index (χ0v) is 48.9. The summed E-state index contributed by atoms with van der Waals surface area (Å²) < 4.78 is 86.1. The number of rotatable bonds is 11. The fraction of sp³-hybridized carbons (Fsp3) is 0.0123. The van der Waals surface area contributed by atoms with Crippen LogP contribution < -0.4 is 0 Å². The van der Waals surface area contributed by atoms with Crippen molar-refractivity contribution in [2.24, 2.45) is 0 Å². The highest BCUT2D eigenvalue weighted by Crippen LogP contribution is 2.48. The third-order valence-electron chi connectivity index (χ3n) is 17.3. The van der Waals surface area contributed by atoms with Crippen LogP contribution in [0.1, 0.15) is 5.56 Å². The van der Waals surface area contributed by atoms with Crippen molar-refractivity contribution in [1.82, 2.24) is 29.1 Å².